The van der Waals surface area contributed by atoms with Crippen LogP contribution in [0.4, 0.5) is 0 Å². The van der Waals surface area contributed by atoms with Crippen LogP contribution in [-0.4, -0.2) is 18.8 Å². The largest absolute Gasteiger partial charge is 0.486 e. The van der Waals surface area contributed by atoms with E-state index in [2.05, 4.69) is 6.58 Å². The second-order valence-electron chi connectivity index (χ2n) is 3.73. The van der Waals surface area contributed by atoms with Crippen LogP contribution in [0, 0.1) is 0 Å². The zero-order valence-electron chi connectivity index (χ0n) is 8.96. The second kappa shape index (κ2) is 5.49. The molecule has 0 bridgehead atoms. The smallest absolute Gasteiger partial charge is 0.140 e. The third kappa shape index (κ3) is 3.08. The summed E-state index contributed by atoms with van der Waals surface area (Å²) in [4.78, 5) is 0. The molecule has 0 saturated carbocycles. The molecule has 2 nitrogen and oxygen atoms in total. The van der Waals surface area contributed by atoms with E-state index in [1.54, 1.807) is 18.2 Å². The Labute approximate surface area is 115 Å². The Morgan fingerprint density at radius 1 is 1.41 bits per heavy atom. The lowest BCUT2D eigenvalue weighted by Crippen LogP contribution is -2.22. The molecule has 2 rings (SSSR count). The molecule has 0 amide bonds. The third-order valence-electron chi connectivity index (χ3n) is 2.45. The summed E-state index contributed by atoms with van der Waals surface area (Å²) in [6.45, 7) is 4.40. The van der Waals surface area contributed by atoms with Gasteiger partial charge in [-0.3, -0.25) is 0 Å². The standard InChI is InChI=1S/C12H11Cl3O2/c1-2-3-8(10-6-16-10)17-9-5-4-7(13)11(14)12(9)15/h2,4-5,8,10H,1,3,6H2. The summed E-state index contributed by atoms with van der Waals surface area (Å²) in [6.07, 6.45) is 2.51. The molecule has 0 N–H and O–H groups in total. The van der Waals surface area contributed by atoms with Gasteiger partial charge < -0.3 is 9.47 Å². The first kappa shape index (κ1) is 13.0. The van der Waals surface area contributed by atoms with E-state index >= 15 is 0 Å². The molecule has 1 aliphatic heterocycles. The normalized spacial score (nSPS) is 19.8. The van der Waals surface area contributed by atoms with E-state index in [-0.39, 0.29) is 12.2 Å². The molecule has 92 valence electrons. The molecule has 0 radical (unpaired) electrons. The van der Waals surface area contributed by atoms with E-state index in [9.17, 15) is 0 Å². The van der Waals surface area contributed by atoms with Crippen LogP contribution in [-0.2, 0) is 4.74 Å². The van der Waals surface area contributed by atoms with Gasteiger partial charge in [-0.25, -0.2) is 0 Å². The fourth-order valence-corrected chi connectivity index (χ4v) is 2.04. The van der Waals surface area contributed by atoms with Crippen molar-refractivity contribution in [3.8, 4) is 5.75 Å². The summed E-state index contributed by atoms with van der Waals surface area (Å²) in [7, 11) is 0. The van der Waals surface area contributed by atoms with Crippen molar-refractivity contribution in [1.82, 2.24) is 0 Å². The fourth-order valence-electron chi connectivity index (χ4n) is 1.47. The number of hydrogen-bond donors (Lipinski definition) is 0. The molecule has 1 heterocycles. The van der Waals surface area contributed by atoms with Crippen molar-refractivity contribution in [3.05, 3.63) is 39.9 Å². The summed E-state index contributed by atoms with van der Waals surface area (Å²) < 4.78 is 11.0. The minimum Gasteiger partial charge on any atom is -0.486 e. The first-order chi connectivity index (χ1) is 8.13. The van der Waals surface area contributed by atoms with Crippen molar-refractivity contribution in [2.45, 2.75) is 18.6 Å². The van der Waals surface area contributed by atoms with Crippen molar-refractivity contribution in [3.63, 3.8) is 0 Å². The van der Waals surface area contributed by atoms with Gasteiger partial charge in [-0.05, 0) is 12.1 Å². The highest BCUT2D eigenvalue weighted by Gasteiger charge is 2.34. The van der Waals surface area contributed by atoms with Crippen LogP contribution < -0.4 is 4.74 Å². The fraction of sp³-hybridized carbons (Fsp3) is 0.333. The van der Waals surface area contributed by atoms with Crippen LogP contribution in [0.1, 0.15) is 6.42 Å². The summed E-state index contributed by atoms with van der Waals surface area (Å²) >= 11 is 17.8. The lowest BCUT2D eigenvalue weighted by atomic mass is 10.2. The Bertz CT molecular complexity index is 430. The molecule has 1 aromatic rings. The van der Waals surface area contributed by atoms with Gasteiger partial charge in [-0.15, -0.1) is 6.58 Å². The lowest BCUT2D eigenvalue weighted by molar-refractivity contribution is 0.162. The Kier molecular flexibility index (Phi) is 4.21. The molecule has 17 heavy (non-hydrogen) atoms. The first-order valence-electron chi connectivity index (χ1n) is 5.16. The third-order valence-corrected chi connectivity index (χ3v) is 3.73. The molecule has 2 unspecified atom stereocenters. The average Bonchev–Trinajstić information content (AvgIpc) is 3.13. The number of hydrogen-bond acceptors (Lipinski definition) is 2. The summed E-state index contributed by atoms with van der Waals surface area (Å²) in [5.41, 5.74) is 0. The van der Waals surface area contributed by atoms with Crippen LogP contribution in [0.3, 0.4) is 0 Å². The average molecular weight is 294 g/mol. The van der Waals surface area contributed by atoms with Gasteiger partial charge in [0, 0.05) is 6.42 Å². The molecule has 1 saturated heterocycles. The Morgan fingerprint density at radius 2 is 2.12 bits per heavy atom. The van der Waals surface area contributed by atoms with E-state index in [0.29, 0.717) is 33.8 Å². The second-order valence-corrected chi connectivity index (χ2v) is 4.89. The van der Waals surface area contributed by atoms with Gasteiger partial charge in [0.25, 0.3) is 0 Å². The van der Waals surface area contributed by atoms with E-state index in [1.165, 1.54) is 0 Å². The summed E-state index contributed by atoms with van der Waals surface area (Å²) in [5.74, 6) is 0.517. The molecule has 1 aliphatic rings. The van der Waals surface area contributed by atoms with Crippen molar-refractivity contribution < 1.29 is 9.47 Å². The van der Waals surface area contributed by atoms with E-state index in [1.807, 2.05) is 0 Å². The molecule has 1 fully saturated rings. The monoisotopic (exact) mass is 292 g/mol. The van der Waals surface area contributed by atoms with Crippen LogP contribution in [0.15, 0.2) is 24.8 Å². The van der Waals surface area contributed by atoms with E-state index in [4.69, 9.17) is 44.3 Å². The highest BCUT2D eigenvalue weighted by atomic mass is 35.5. The van der Waals surface area contributed by atoms with Gasteiger partial charge in [-0.1, -0.05) is 40.9 Å². The van der Waals surface area contributed by atoms with Crippen LogP contribution in [0.2, 0.25) is 15.1 Å². The highest BCUT2D eigenvalue weighted by molar-refractivity contribution is 6.48. The molecule has 0 aliphatic carbocycles. The quantitative estimate of drug-likeness (QED) is 0.457. The number of benzene rings is 1. The predicted octanol–water partition coefficient (Wildman–Crippen LogP) is 4.37. The van der Waals surface area contributed by atoms with Gasteiger partial charge in [0.05, 0.1) is 16.7 Å². The maximum atomic E-state index is 6.06. The van der Waals surface area contributed by atoms with E-state index in [0.717, 1.165) is 0 Å². The zero-order chi connectivity index (χ0) is 12.4. The summed E-state index contributed by atoms with van der Waals surface area (Å²) in [6, 6.07) is 3.36. The number of rotatable bonds is 5. The minimum atomic E-state index is -0.0813. The maximum absolute atomic E-state index is 6.06. The molecule has 5 heteroatoms. The number of halogens is 3. The zero-order valence-corrected chi connectivity index (χ0v) is 11.2. The Balaban J connectivity index is 2.16. The van der Waals surface area contributed by atoms with Crippen molar-refractivity contribution in [2.75, 3.05) is 6.61 Å². The molecular formula is C12H11Cl3O2. The van der Waals surface area contributed by atoms with Gasteiger partial charge >= 0.3 is 0 Å². The molecular weight excluding hydrogens is 282 g/mol. The van der Waals surface area contributed by atoms with Crippen molar-refractivity contribution in [2.24, 2.45) is 0 Å². The number of ether oxygens (including phenoxy) is 2. The topological polar surface area (TPSA) is 21.8 Å². The molecule has 1 aromatic carbocycles. The van der Waals surface area contributed by atoms with Gasteiger partial charge in [0.2, 0.25) is 0 Å². The minimum absolute atomic E-state index is 0.0813. The molecule has 0 aromatic heterocycles. The van der Waals surface area contributed by atoms with Gasteiger partial charge in [-0.2, -0.15) is 0 Å². The Hall–Kier alpha value is -0.410. The lowest BCUT2D eigenvalue weighted by Gasteiger charge is -2.17. The highest BCUT2D eigenvalue weighted by Crippen LogP contribution is 2.38. The van der Waals surface area contributed by atoms with Crippen molar-refractivity contribution >= 4 is 34.8 Å². The summed E-state index contributed by atoms with van der Waals surface area (Å²) in [5, 5.41) is 1.04. The van der Waals surface area contributed by atoms with Gasteiger partial charge in [0.15, 0.2) is 0 Å². The SMILES string of the molecule is C=CCC(Oc1ccc(Cl)c(Cl)c1Cl)C1CO1. The molecule has 2 atom stereocenters. The van der Waals surface area contributed by atoms with Crippen LogP contribution in [0.5, 0.6) is 5.75 Å². The maximum Gasteiger partial charge on any atom is 0.140 e. The number of epoxide rings is 1. The van der Waals surface area contributed by atoms with Crippen LogP contribution in [0.25, 0.3) is 0 Å². The van der Waals surface area contributed by atoms with Crippen LogP contribution >= 0.6 is 34.8 Å². The van der Waals surface area contributed by atoms with Crippen molar-refractivity contribution in [1.29, 1.82) is 0 Å². The Morgan fingerprint density at radius 3 is 2.71 bits per heavy atom. The predicted molar refractivity (Wildman–Crippen MR) is 70.4 cm³/mol. The van der Waals surface area contributed by atoms with Gasteiger partial charge in [0.1, 0.15) is 23.0 Å². The molecule has 0 spiro atoms. The van der Waals surface area contributed by atoms with E-state index < -0.39 is 0 Å². The first-order valence-corrected chi connectivity index (χ1v) is 6.29.